The molecule has 0 saturated carbocycles. The number of rotatable bonds is 8. The van der Waals surface area contributed by atoms with Crippen LogP contribution >= 0.6 is 41.2 Å². The van der Waals surface area contributed by atoms with Crippen LogP contribution in [0.5, 0.6) is 0 Å². The molecule has 2 aromatic carbocycles. The molecule has 2 aromatic rings. The monoisotopic (exact) mass is 612 g/mol. The Kier molecular flexibility index (Phi) is 7.86. The van der Waals surface area contributed by atoms with Crippen LogP contribution in [0.3, 0.4) is 0 Å². The maximum absolute atomic E-state index is 14.0. The van der Waals surface area contributed by atoms with E-state index in [1.54, 1.807) is 6.92 Å². The third-order valence-corrected chi connectivity index (χ3v) is 8.31. The van der Waals surface area contributed by atoms with Gasteiger partial charge in [-0.15, -0.1) is 31.1 Å². The van der Waals surface area contributed by atoms with Gasteiger partial charge in [0, 0.05) is 40.0 Å². The first-order valence-electron chi connectivity index (χ1n) is 9.39. The summed E-state index contributed by atoms with van der Waals surface area (Å²) in [5.41, 5.74) is -1.12. The minimum Gasteiger partial charge on any atom is -0.258 e. The molecule has 0 aliphatic rings. The van der Waals surface area contributed by atoms with Gasteiger partial charge in [-0.3, -0.25) is 20.2 Å². The van der Waals surface area contributed by atoms with Gasteiger partial charge >= 0.3 is 0 Å². The average Bonchev–Trinajstić information content (AvgIpc) is 2.70. The van der Waals surface area contributed by atoms with Gasteiger partial charge in [0.05, 0.1) is 25.0 Å². The van der Waals surface area contributed by atoms with Crippen molar-refractivity contribution in [1.82, 2.24) is 0 Å². The van der Waals surface area contributed by atoms with E-state index in [0.717, 1.165) is 0 Å². The van der Waals surface area contributed by atoms with E-state index < -0.39 is 60.3 Å². The molecular formula is C18H18Cl2F8N2O4S2. The van der Waals surface area contributed by atoms with Crippen LogP contribution in [0.4, 0.5) is 42.5 Å². The van der Waals surface area contributed by atoms with Crippen LogP contribution in [-0.2, 0) is 0 Å². The topological polar surface area (TPSA) is 86.3 Å². The normalized spacial score (nSPS) is 16.4. The van der Waals surface area contributed by atoms with Crippen LogP contribution in [0.1, 0.15) is 26.2 Å². The standard InChI is InChI=1S/C12H14ClF4NO2S.C6H4ClF4NO2S/c1-2-3-4-10(13)9-21(14,15,16,17)12-7-5-11(6-8-12)18(19)20;7-15(8,9,10,11)6-3-1-5(2-4-6)12(13)14/h5-9H,2-4H2,1H3;1-4H/b10-9+;. The lowest BCUT2D eigenvalue weighted by molar-refractivity contribution is -0.385. The molecule has 18 heteroatoms. The number of halogens is 10. The largest absolute Gasteiger partial charge is 0.269 e. The van der Waals surface area contributed by atoms with E-state index in [0.29, 0.717) is 49.2 Å². The summed E-state index contributed by atoms with van der Waals surface area (Å²) in [5.74, 6) is 0. The predicted octanol–water partition coefficient (Wildman–Crippen LogP) is 11.2. The molecule has 6 nitrogen and oxygen atoms in total. The average molecular weight is 613 g/mol. The highest BCUT2D eigenvalue weighted by Gasteiger charge is 2.63. The fourth-order valence-electron chi connectivity index (χ4n) is 2.41. The molecule has 0 amide bonds. The van der Waals surface area contributed by atoms with Crippen molar-refractivity contribution < 1.29 is 40.9 Å². The first-order valence-corrected chi connectivity index (χ1v) is 14.8. The van der Waals surface area contributed by atoms with Gasteiger partial charge in [-0.05, 0) is 37.1 Å². The van der Waals surface area contributed by atoms with Crippen molar-refractivity contribution in [3.05, 3.63) is 79.2 Å². The Labute approximate surface area is 208 Å². The number of nitro groups is 2. The Morgan fingerprint density at radius 2 is 1.17 bits per heavy atom. The summed E-state index contributed by atoms with van der Waals surface area (Å²) in [7, 11) is -13.5. The van der Waals surface area contributed by atoms with E-state index in [9.17, 15) is 51.3 Å². The fourth-order valence-corrected chi connectivity index (χ4v) is 5.51. The van der Waals surface area contributed by atoms with Crippen molar-refractivity contribution in [2.45, 2.75) is 36.0 Å². The molecule has 0 aromatic heterocycles. The first-order chi connectivity index (χ1) is 15.8. The first kappa shape index (κ1) is 31.7. The van der Waals surface area contributed by atoms with Crippen molar-refractivity contribution in [3.63, 3.8) is 0 Å². The number of nitro benzene ring substituents is 2. The Morgan fingerprint density at radius 3 is 1.47 bits per heavy atom. The lowest BCUT2D eigenvalue weighted by Crippen LogP contribution is -2.11. The van der Waals surface area contributed by atoms with E-state index >= 15 is 0 Å². The van der Waals surface area contributed by atoms with Crippen molar-refractivity contribution in [3.8, 4) is 0 Å². The Balaban J connectivity index is 0.000000381. The van der Waals surface area contributed by atoms with Gasteiger partial charge in [0.25, 0.3) is 20.4 Å². The lowest BCUT2D eigenvalue weighted by Gasteiger charge is -2.47. The van der Waals surface area contributed by atoms with Crippen molar-refractivity contribution in [2.24, 2.45) is 0 Å². The van der Waals surface area contributed by atoms with Crippen LogP contribution in [-0.4, -0.2) is 9.85 Å². The van der Waals surface area contributed by atoms with Crippen molar-refractivity contribution in [2.75, 3.05) is 0 Å². The van der Waals surface area contributed by atoms with Crippen LogP contribution in [0.15, 0.2) is 68.8 Å². The third kappa shape index (κ3) is 9.29. The highest BCUT2D eigenvalue weighted by Crippen LogP contribution is 3.04. The molecule has 0 atom stereocenters. The quantitative estimate of drug-likeness (QED) is 0.168. The van der Waals surface area contributed by atoms with Crippen LogP contribution < -0.4 is 0 Å². The number of non-ortho nitro benzene ring substituents is 2. The molecule has 0 spiro atoms. The van der Waals surface area contributed by atoms with E-state index in [4.69, 9.17) is 11.6 Å². The van der Waals surface area contributed by atoms with E-state index in [1.807, 2.05) is 0 Å². The molecule has 0 aliphatic carbocycles. The second-order valence-electron chi connectivity index (χ2n) is 7.27. The second-order valence-corrected chi connectivity index (χ2v) is 15.0. The number of nitrogens with zero attached hydrogens (tertiary/aromatic N) is 2. The highest BCUT2D eigenvalue weighted by molar-refractivity contribution is 8.65. The number of benzene rings is 2. The molecule has 0 N–H and O–H groups in total. The zero-order valence-electron chi connectivity index (χ0n) is 17.9. The number of hydrogen-bond donors (Lipinski definition) is 0. The van der Waals surface area contributed by atoms with E-state index in [-0.39, 0.29) is 18.6 Å². The molecule has 0 saturated heterocycles. The molecule has 0 radical (unpaired) electrons. The predicted molar refractivity (Wildman–Crippen MR) is 126 cm³/mol. The van der Waals surface area contributed by atoms with Crippen molar-refractivity contribution >= 4 is 52.5 Å². The molecule has 0 unspecified atom stereocenters. The molecule has 0 heterocycles. The summed E-state index contributed by atoms with van der Waals surface area (Å²) in [5, 5.41) is 19.5. The Morgan fingerprint density at radius 1 is 0.806 bits per heavy atom. The summed E-state index contributed by atoms with van der Waals surface area (Å²) in [4.78, 5) is 15.5. The highest BCUT2D eigenvalue weighted by atomic mass is 35.7. The Bertz CT molecular complexity index is 1190. The number of unbranched alkanes of at least 4 members (excludes halogenated alkanes) is 1. The summed E-state index contributed by atoms with van der Waals surface area (Å²) in [6, 6.07) is 3.51. The smallest absolute Gasteiger partial charge is 0.258 e. The number of hydrogen-bond acceptors (Lipinski definition) is 4. The molecule has 206 valence electrons. The molecule has 0 bridgehead atoms. The van der Waals surface area contributed by atoms with E-state index in [2.05, 4.69) is 10.7 Å². The molecular weight excluding hydrogens is 595 g/mol. The van der Waals surface area contributed by atoms with Gasteiger partial charge in [-0.2, -0.15) is 0 Å². The maximum Gasteiger partial charge on any atom is 0.269 e. The Hall–Kier alpha value is -2.30. The van der Waals surface area contributed by atoms with Gasteiger partial charge in [-0.25, -0.2) is 0 Å². The van der Waals surface area contributed by atoms with Gasteiger partial charge in [0.2, 0.25) is 9.84 Å². The zero-order chi connectivity index (χ0) is 28.3. The zero-order valence-corrected chi connectivity index (χ0v) is 21.1. The molecule has 36 heavy (non-hydrogen) atoms. The summed E-state index contributed by atoms with van der Waals surface area (Å²) < 4.78 is 106. The third-order valence-electron chi connectivity index (χ3n) is 4.17. The lowest BCUT2D eigenvalue weighted by atomic mass is 10.2. The summed E-state index contributed by atoms with van der Waals surface area (Å²) >= 11 is 5.48. The molecule has 0 aliphatic heterocycles. The van der Waals surface area contributed by atoms with Gasteiger partial charge in [0.1, 0.15) is 0 Å². The van der Waals surface area contributed by atoms with Gasteiger partial charge in [-0.1, -0.05) is 24.9 Å². The minimum absolute atomic E-state index is 0.0767. The number of allylic oxidation sites excluding steroid dienone is 1. The summed E-state index contributed by atoms with van der Waals surface area (Å²) in [6.07, 6.45) is 0.950. The molecule has 2 rings (SSSR count). The van der Waals surface area contributed by atoms with Crippen LogP contribution in [0.2, 0.25) is 0 Å². The minimum atomic E-state index is -8.74. The van der Waals surface area contributed by atoms with Gasteiger partial charge < -0.3 is 0 Å². The SMILES string of the molecule is CCCC/C(Cl)=C\S(F)(F)(F)(F)c1ccc([N+](=O)[O-])cc1.O=[N+]([O-])c1ccc(S(F)(F)(F)(F)Cl)cc1. The van der Waals surface area contributed by atoms with Gasteiger partial charge in [0.15, 0.2) is 0 Å². The van der Waals surface area contributed by atoms with Crippen LogP contribution in [0, 0.1) is 20.2 Å². The summed E-state index contributed by atoms with van der Waals surface area (Å²) in [6.45, 7) is 1.77. The second kappa shape index (κ2) is 8.92. The molecule has 0 fully saturated rings. The van der Waals surface area contributed by atoms with Crippen molar-refractivity contribution in [1.29, 1.82) is 0 Å². The van der Waals surface area contributed by atoms with E-state index in [1.165, 1.54) is 0 Å². The fraction of sp³-hybridized carbons (Fsp3) is 0.222. The maximum atomic E-state index is 14.0. The van der Waals surface area contributed by atoms with Crippen LogP contribution in [0.25, 0.3) is 0 Å².